The monoisotopic (exact) mass is 351 g/mol. The van der Waals surface area contributed by atoms with Gasteiger partial charge in [-0.15, -0.1) is 0 Å². The van der Waals surface area contributed by atoms with Crippen LogP contribution >= 0.6 is 0 Å². The number of aromatic hydroxyl groups is 1. The standard InChI is InChI=1S/C20H17NO5/c1-25-17-9-12(7-8-16(17)22)14-10-18(23)21(13-5-3-2-4-6-13)15-11-26-20(24)19(14)15/h2-9,14,22H,10-11H2,1H3/t14-/m1/s1. The lowest BCUT2D eigenvalue weighted by molar-refractivity contribution is -0.136. The maximum atomic E-state index is 12.9. The van der Waals surface area contributed by atoms with Crippen molar-refractivity contribution in [1.82, 2.24) is 0 Å². The molecular formula is C20H17NO5. The van der Waals surface area contributed by atoms with Gasteiger partial charge in [0.05, 0.1) is 18.4 Å². The summed E-state index contributed by atoms with van der Waals surface area (Å²) < 4.78 is 10.4. The summed E-state index contributed by atoms with van der Waals surface area (Å²) in [6, 6.07) is 14.1. The second kappa shape index (κ2) is 6.22. The number of benzene rings is 2. The molecule has 1 N–H and O–H groups in total. The Morgan fingerprint density at radius 2 is 1.92 bits per heavy atom. The average Bonchev–Trinajstić information content (AvgIpc) is 3.04. The number of cyclic esters (lactones) is 1. The van der Waals surface area contributed by atoms with Crippen molar-refractivity contribution in [2.24, 2.45) is 0 Å². The maximum Gasteiger partial charge on any atom is 0.336 e. The highest BCUT2D eigenvalue weighted by Crippen LogP contribution is 2.43. The van der Waals surface area contributed by atoms with Gasteiger partial charge in [-0.1, -0.05) is 24.3 Å². The van der Waals surface area contributed by atoms with Gasteiger partial charge in [-0.25, -0.2) is 4.79 Å². The number of para-hydroxylation sites is 1. The molecule has 2 aromatic rings. The number of phenolic OH excluding ortho intramolecular Hbond substituents is 1. The van der Waals surface area contributed by atoms with Crippen molar-refractivity contribution in [1.29, 1.82) is 0 Å². The van der Waals surface area contributed by atoms with E-state index in [1.54, 1.807) is 17.0 Å². The molecule has 2 heterocycles. The summed E-state index contributed by atoms with van der Waals surface area (Å²) in [6.45, 7) is 0.0700. The summed E-state index contributed by atoms with van der Waals surface area (Å²) >= 11 is 0. The third-order valence-corrected chi connectivity index (χ3v) is 4.74. The Morgan fingerprint density at radius 3 is 2.65 bits per heavy atom. The van der Waals surface area contributed by atoms with Gasteiger partial charge < -0.3 is 14.6 Å². The van der Waals surface area contributed by atoms with E-state index < -0.39 is 11.9 Å². The first-order chi connectivity index (χ1) is 12.6. The van der Waals surface area contributed by atoms with Crippen LogP contribution in [0.4, 0.5) is 5.69 Å². The molecule has 0 saturated carbocycles. The van der Waals surface area contributed by atoms with Crippen LogP contribution < -0.4 is 9.64 Å². The van der Waals surface area contributed by atoms with E-state index in [1.165, 1.54) is 13.2 Å². The Labute approximate surface area is 150 Å². The summed E-state index contributed by atoms with van der Waals surface area (Å²) in [5.74, 6) is -0.640. The van der Waals surface area contributed by atoms with Crippen LogP contribution in [0.5, 0.6) is 11.5 Å². The fourth-order valence-corrected chi connectivity index (χ4v) is 3.53. The molecule has 0 radical (unpaired) electrons. The molecule has 132 valence electrons. The Kier molecular flexibility index (Phi) is 3.88. The first kappa shape index (κ1) is 16.2. The van der Waals surface area contributed by atoms with Crippen LogP contribution in [0, 0.1) is 0 Å². The van der Waals surface area contributed by atoms with Crippen molar-refractivity contribution < 1.29 is 24.2 Å². The van der Waals surface area contributed by atoms with E-state index in [9.17, 15) is 14.7 Å². The molecule has 1 atom stereocenters. The van der Waals surface area contributed by atoms with Crippen molar-refractivity contribution in [2.75, 3.05) is 18.6 Å². The number of methoxy groups -OCH3 is 1. The van der Waals surface area contributed by atoms with Crippen LogP contribution in [0.1, 0.15) is 17.9 Å². The molecule has 0 bridgehead atoms. The SMILES string of the molecule is COc1cc([C@H]2CC(=O)N(c3ccccc3)C3=C2C(=O)OC3)ccc1O. The summed E-state index contributed by atoms with van der Waals surface area (Å²) in [7, 11) is 1.45. The second-order valence-corrected chi connectivity index (χ2v) is 6.19. The quantitative estimate of drug-likeness (QED) is 0.861. The van der Waals surface area contributed by atoms with E-state index in [0.717, 1.165) is 5.56 Å². The molecule has 2 aromatic carbocycles. The zero-order valence-electron chi connectivity index (χ0n) is 14.1. The van der Waals surface area contributed by atoms with E-state index in [4.69, 9.17) is 9.47 Å². The highest BCUT2D eigenvalue weighted by atomic mass is 16.5. The van der Waals surface area contributed by atoms with Gasteiger partial charge in [0.15, 0.2) is 11.5 Å². The predicted octanol–water partition coefficient (Wildman–Crippen LogP) is 2.73. The molecule has 2 aliphatic heterocycles. The van der Waals surface area contributed by atoms with Crippen molar-refractivity contribution in [3.05, 3.63) is 65.4 Å². The van der Waals surface area contributed by atoms with Crippen LogP contribution in [-0.4, -0.2) is 30.7 Å². The van der Waals surface area contributed by atoms with E-state index >= 15 is 0 Å². The van der Waals surface area contributed by atoms with Crippen molar-refractivity contribution in [3.63, 3.8) is 0 Å². The molecule has 0 spiro atoms. The van der Waals surface area contributed by atoms with E-state index in [-0.39, 0.29) is 24.7 Å². The summed E-state index contributed by atoms with van der Waals surface area (Å²) in [4.78, 5) is 26.9. The van der Waals surface area contributed by atoms with Gasteiger partial charge in [0.25, 0.3) is 0 Å². The highest BCUT2D eigenvalue weighted by molar-refractivity contribution is 6.06. The van der Waals surface area contributed by atoms with Crippen LogP contribution in [-0.2, 0) is 14.3 Å². The number of nitrogens with zero attached hydrogens (tertiary/aromatic N) is 1. The summed E-state index contributed by atoms with van der Waals surface area (Å²) in [6.07, 6.45) is 0.136. The Balaban J connectivity index is 1.83. The number of hydrogen-bond acceptors (Lipinski definition) is 5. The molecule has 0 fully saturated rings. The lowest BCUT2D eigenvalue weighted by atomic mass is 9.84. The van der Waals surface area contributed by atoms with Gasteiger partial charge in [-0.3, -0.25) is 9.69 Å². The topological polar surface area (TPSA) is 76.1 Å². The van der Waals surface area contributed by atoms with Crippen LogP contribution in [0.3, 0.4) is 0 Å². The van der Waals surface area contributed by atoms with Gasteiger partial charge in [0.2, 0.25) is 5.91 Å². The van der Waals surface area contributed by atoms with Crippen molar-refractivity contribution in [2.45, 2.75) is 12.3 Å². The summed E-state index contributed by atoms with van der Waals surface area (Å²) in [5, 5.41) is 9.81. The van der Waals surface area contributed by atoms with Gasteiger partial charge in [-0.05, 0) is 29.8 Å². The number of carbonyl (C=O) groups excluding carboxylic acids is 2. The molecule has 0 aliphatic carbocycles. The Bertz CT molecular complexity index is 919. The number of rotatable bonds is 3. The minimum Gasteiger partial charge on any atom is -0.504 e. The normalized spacial score (nSPS) is 19.4. The minimum atomic E-state index is -0.429. The zero-order chi connectivity index (χ0) is 18.3. The van der Waals surface area contributed by atoms with Crippen LogP contribution in [0.15, 0.2) is 59.8 Å². The Hall–Kier alpha value is -3.28. The number of hydrogen-bond donors (Lipinski definition) is 1. The molecule has 0 saturated heterocycles. The van der Waals surface area contributed by atoms with Gasteiger partial charge in [-0.2, -0.15) is 0 Å². The molecule has 4 rings (SSSR count). The molecule has 6 heteroatoms. The number of ether oxygens (including phenoxy) is 2. The highest BCUT2D eigenvalue weighted by Gasteiger charge is 2.43. The lowest BCUT2D eigenvalue weighted by Gasteiger charge is -2.32. The molecule has 6 nitrogen and oxygen atoms in total. The fraction of sp³-hybridized carbons (Fsp3) is 0.200. The average molecular weight is 351 g/mol. The van der Waals surface area contributed by atoms with E-state index in [1.807, 2.05) is 30.3 Å². The third kappa shape index (κ3) is 2.50. The lowest BCUT2D eigenvalue weighted by Crippen LogP contribution is -2.37. The first-order valence-corrected chi connectivity index (χ1v) is 8.25. The molecule has 1 amide bonds. The summed E-state index contributed by atoms with van der Waals surface area (Å²) in [5.41, 5.74) is 2.51. The first-order valence-electron chi connectivity index (χ1n) is 8.25. The largest absolute Gasteiger partial charge is 0.504 e. The third-order valence-electron chi connectivity index (χ3n) is 4.74. The maximum absolute atomic E-state index is 12.9. The van der Waals surface area contributed by atoms with Gasteiger partial charge in [0, 0.05) is 18.0 Å². The van der Waals surface area contributed by atoms with E-state index in [0.29, 0.717) is 22.7 Å². The number of phenols is 1. The molecule has 2 aliphatic rings. The number of anilines is 1. The predicted molar refractivity (Wildman–Crippen MR) is 93.9 cm³/mol. The van der Waals surface area contributed by atoms with E-state index in [2.05, 4.69) is 0 Å². The molecule has 26 heavy (non-hydrogen) atoms. The number of carbonyl (C=O) groups is 2. The second-order valence-electron chi connectivity index (χ2n) is 6.19. The fourth-order valence-electron chi connectivity index (χ4n) is 3.53. The molecule has 0 unspecified atom stereocenters. The van der Waals surface area contributed by atoms with Crippen LogP contribution in [0.25, 0.3) is 0 Å². The Morgan fingerprint density at radius 1 is 1.15 bits per heavy atom. The van der Waals surface area contributed by atoms with Gasteiger partial charge >= 0.3 is 5.97 Å². The molecular weight excluding hydrogens is 334 g/mol. The number of amides is 1. The van der Waals surface area contributed by atoms with Gasteiger partial charge in [0.1, 0.15) is 6.61 Å². The number of esters is 1. The van der Waals surface area contributed by atoms with Crippen molar-refractivity contribution >= 4 is 17.6 Å². The smallest absolute Gasteiger partial charge is 0.336 e. The van der Waals surface area contributed by atoms with Crippen molar-refractivity contribution in [3.8, 4) is 11.5 Å². The van der Waals surface area contributed by atoms with Crippen LogP contribution in [0.2, 0.25) is 0 Å². The molecule has 0 aromatic heterocycles. The minimum absolute atomic E-state index is 0.00694. The zero-order valence-corrected chi connectivity index (χ0v) is 14.1.